The Morgan fingerprint density at radius 1 is 1.33 bits per heavy atom. The summed E-state index contributed by atoms with van der Waals surface area (Å²) < 4.78 is 10.9. The molecule has 0 unspecified atom stereocenters. The van der Waals surface area contributed by atoms with Gasteiger partial charge in [0, 0.05) is 25.2 Å². The number of likely N-dealkylation sites (tertiary alicyclic amines) is 1. The van der Waals surface area contributed by atoms with Crippen molar-refractivity contribution in [3.63, 3.8) is 0 Å². The zero-order chi connectivity index (χ0) is 17.1. The number of amides is 2. The molecule has 3 rings (SSSR count). The van der Waals surface area contributed by atoms with E-state index in [9.17, 15) is 14.7 Å². The highest BCUT2D eigenvalue weighted by atomic mass is 16.6. The molecule has 2 aliphatic heterocycles. The van der Waals surface area contributed by atoms with Gasteiger partial charge in [-0.25, -0.2) is 4.79 Å². The van der Waals surface area contributed by atoms with Gasteiger partial charge in [0.2, 0.25) is 5.91 Å². The number of aromatic nitrogens is 1. The summed E-state index contributed by atoms with van der Waals surface area (Å²) in [5, 5.41) is 12.5. The molecular formula is C15H20N4O5. The molecule has 1 aromatic heterocycles. The first-order valence-corrected chi connectivity index (χ1v) is 7.81. The first-order chi connectivity index (χ1) is 11.5. The quantitative estimate of drug-likeness (QED) is 0.703. The number of hydrogen-bond acceptors (Lipinski definition) is 6. The highest BCUT2D eigenvalue weighted by molar-refractivity contribution is 5.84. The molecule has 2 aliphatic rings. The van der Waals surface area contributed by atoms with Crippen LogP contribution in [-0.4, -0.2) is 58.8 Å². The van der Waals surface area contributed by atoms with Gasteiger partial charge in [-0.3, -0.25) is 14.7 Å². The smallest absolute Gasteiger partial charge is 0.408 e. The van der Waals surface area contributed by atoms with Crippen LogP contribution in [0.25, 0.3) is 0 Å². The average molecular weight is 336 g/mol. The third-order valence-corrected chi connectivity index (χ3v) is 4.21. The van der Waals surface area contributed by atoms with Crippen LogP contribution in [0, 0.1) is 0 Å². The minimum Gasteiger partial charge on any atom is -0.486 e. The van der Waals surface area contributed by atoms with Crippen molar-refractivity contribution in [1.29, 1.82) is 0 Å². The predicted octanol–water partition coefficient (Wildman–Crippen LogP) is -0.0613. The molecule has 2 amide bonds. The summed E-state index contributed by atoms with van der Waals surface area (Å²) in [5.41, 5.74) is 6.05. The molecule has 4 N–H and O–H groups in total. The minimum absolute atomic E-state index is 0.0632. The molecule has 0 bridgehead atoms. The lowest BCUT2D eigenvalue weighted by Crippen LogP contribution is -2.56. The molecule has 0 spiro atoms. The summed E-state index contributed by atoms with van der Waals surface area (Å²) in [6.45, 7) is 1.71. The molecule has 0 aromatic carbocycles. The van der Waals surface area contributed by atoms with E-state index in [-0.39, 0.29) is 12.6 Å². The van der Waals surface area contributed by atoms with Crippen LogP contribution in [0.4, 0.5) is 4.79 Å². The molecule has 2 atom stereocenters. The van der Waals surface area contributed by atoms with Gasteiger partial charge in [-0.15, -0.1) is 0 Å². The summed E-state index contributed by atoms with van der Waals surface area (Å²) in [7, 11) is 0. The topological polar surface area (TPSA) is 127 Å². The summed E-state index contributed by atoms with van der Waals surface area (Å²) in [4.78, 5) is 28.0. The molecule has 0 radical (unpaired) electrons. The number of carbonyl (C=O) groups is 2. The Hall–Kier alpha value is -2.55. The molecule has 24 heavy (non-hydrogen) atoms. The van der Waals surface area contributed by atoms with Crippen molar-refractivity contribution in [3.8, 4) is 11.5 Å². The summed E-state index contributed by atoms with van der Waals surface area (Å²) in [6.07, 6.45) is 1.57. The molecule has 0 aliphatic carbocycles. The Bertz CT molecular complexity index is 638. The number of fused-ring (bicyclic) bond motifs is 1. The van der Waals surface area contributed by atoms with Crippen molar-refractivity contribution in [3.05, 3.63) is 18.0 Å². The monoisotopic (exact) mass is 336 g/mol. The number of nitrogens with zero attached hydrogens (tertiary/aromatic N) is 2. The van der Waals surface area contributed by atoms with Crippen LogP contribution < -0.4 is 20.5 Å². The van der Waals surface area contributed by atoms with Gasteiger partial charge in [-0.1, -0.05) is 0 Å². The number of pyridine rings is 1. The average Bonchev–Trinajstić information content (AvgIpc) is 2.59. The van der Waals surface area contributed by atoms with Crippen LogP contribution in [-0.2, 0) is 11.3 Å². The largest absolute Gasteiger partial charge is 0.486 e. The number of hydrogen-bond donors (Lipinski definition) is 3. The van der Waals surface area contributed by atoms with Gasteiger partial charge in [0.25, 0.3) is 0 Å². The van der Waals surface area contributed by atoms with Gasteiger partial charge < -0.3 is 25.6 Å². The second-order valence-corrected chi connectivity index (χ2v) is 5.83. The second-order valence-electron chi connectivity index (χ2n) is 5.83. The maximum absolute atomic E-state index is 11.4. The summed E-state index contributed by atoms with van der Waals surface area (Å²) in [5.74, 6) is 0.686. The van der Waals surface area contributed by atoms with E-state index in [1.165, 1.54) is 0 Å². The van der Waals surface area contributed by atoms with E-state index in [2.05, 4.69) is 10.3 Å². The fraction of sp³-hybridized carbons (Fsp3) is 0.533. The zero-order valence-corrected chi connectivity index (χ0v) is 13.1. The number of carboxylic acid groups (broad SMARTS) is 1. The van der Waals surface area contributed by atoms with Gasteiger partial charge in [0.15, 0.2) is 11.5 Å². The number of ether oxygens (including phenoxy) is 2. The molecule has 1 aromatic rings. The van der Waals surface area contributed by atoms with E-state index in [0.717, 1.165) is 10.6 Å². The Morgan fingerprint density at radius 3 is 2.79 bits per heavy atom. The van der Waals surface area contributed by atoms with E-state index in [4.69, 9.17) is 15.2 Å². The van der Waals surface area contributed by atoms with Crippen LogP contribution in [0.1, 0.15) is 18.5 Å². The molecular weight excluding hydrogens is 316 g/mol. The molecule has 9 nitrogen and oxygen atoms in total. The number of piperidine rings is 1. The maximum Gasteiger partial charge on any atom is 0.408 e. The van der Waals surface area contributed by atoms with E-state index >= 15 is 0 Å². The standard InChI is InChI=1S/C15H20N4O5/c16-14(20)11-2-1-9(8-19(11)15(21)22)17-6-10-5-12-13(7-18-10)24-4-3-23-12/h5,7,9,11,17H,1-4,6,8H2,(H2,16,20)(H,21,22)/t9-,11+/m1/s1. The van der Waals surface area contributed by atoms with Crippen LogP contribution in [0.3, 0.4) is 0 Å². The van der Waals surface area contributed by atoms with Crippen molar-refractivity contribution in [2.75, 3.05) is 19.8 Å². The van der Waals surface area contributed by atoms with E-state index in [0.29, 0.717) is 44.1 Å². The summed E-state index contributed by atoms with van der Waals surface area (Å²) in [6, 6.07) is 0.991. The third-order valence-electron chi connectivity index (χ3n) is 4.21. The lowest BCUT2D eigenvalue weighted by Gasteiger charge is -2.36. The van der Waals surface area contributed by atoms with Gasteiger partial charge in [-0.2, -0.15) is 0 Å². The Balaban J connectivity index is 1.59. The second kappa shape index (κ2) is 6.91. The Labute approximate surface area is 138 Å². The van der Waals surface area contributed by atoms with Gasteiger partial charge in [0.05, 0.1) is 11.9 Å². The van der Waals surface area contributed by atoms with Crippen molar-refractivity contribution in [2.45, 2.75) is 31.5 Å². The van der Waals surface area contributed by atoms with Gasteiger partial charge in [-0.05, 0) is 12.8 Å². The van der Waals surface area contributed by atoms with Gasteiger partial charge >= 0.3 is 6.09 Å². The maximum atomic E-state index is 11.4. The SMILES string of the molecule is NC(=O)[C@@H]1CC[C@@H](NCc2cc3c(cn2)OCCO3)CN1C(=O)O. The highest BCUT2D eigenvalue weighted by Gasteiger charge is 2.34. The normalized spacial score (nSPS) is 22.9. The molecule has 0 saturated carbocycles. The minimum atomic E-state index is -1.14. The first-order valence-electron chi connectivity index (χ1n) is 7.81. The lowest BCUT2D eigenvalue weighted by atomic mass is 9.98. The van der Waals surface area contributed by atoms with Crippen LogP contribution >= 0.6 is 0 Å². The fourth-order valence-electron chi connectivity index (χ4n) is 2.98. The number of rotatable bonds is 4. The van der Waals surface area contributed by atoms with Crippen LogP contribution in [0.2, 0.25) is 0 Å². The van der Waals surface area contributed by atoms with E-state index in [1.807, 2.05) is 6.07 Å². The third kappa shape index (κ3) is 3.51. The number of nitrogens with one attached hydrogen (secondary N) is 1. The van der Waals surface area contributed by atoms with Crippen molar-refractivity contribution < 1.29 is 24.2 Å². The molecule has 3 heterocycles. The van der Waals surface area contributed by atoms with Crippen molar-refractivity contribution >= 4 is 12.0 Å². The van der Waals surface area contributed by atoms with E-state index in [1.54, 1.807) is 6.20 Å². The van der Waals surface area contributed by atoms with Crippen LogP contribution in [0.5, 0.6) is 11.5 Å². The van der Waals surface area contributed by atoms with Gasteiger partial charge in [0.1, 0.15) is 19.3 Å². The Morgan fingerprint density at radius 2 is 2.08 bits per heavy atom. The number of primary amides is 1. The van der Waals surface area contributed by atoms with Crippen LogP contribution in [0.15, 0.2) is 12.3 Å². The summed E-state index contributed by atoms with van der Waals surface area (Å²) >= 11 is 0. The lowest BCUT2D eigenvalue weighted by molar-refractivity contribution is -0.123. The number of nitrogens with two attached hydrogens (primary N) is 1. The van der Waals surface area contributed by atoms with E-state index < -0.39 is 18.0 Å². The molecule has 9 heteroatoms. The molecule has 1 fully saturated rings. The zero-order valence-electron chi connectivity index (χ0n) is 13.1. The van der Waals surface area contributed by atoms with Crippen molar-refractivity contribution in [2.24, 2.45) is 5.73 Å². The predicted molar refractivity (Wildman–Crippen MR) is 82.8 cm³/mol. The Kier molecular flexibility index (Phi) is 4.70. The molecule has 1 saturated heterocycles. The molecule has 130 valence electrons. The highest BCUT2D eigenvalue weighted by Crippen LogP contribution is 2.29. The fourth-order valence-corrected chi connectivity index (χ4v) is 2.98. The van der Waals surface area contributed by atoms with Crippen molar-refractivity contribution in [1.82, 2.24) is 15.2 Å². The first kappa shape index (κ1) is 16.3. The number of carbonyl (C=O) groups excluding carboxylic acids is 1.